The molecule has 0 aromatic carbocycles. The fourth-order valence-corrected chi connectivity index (χ4v) is 2.88. The highest BCUT2D eigenvalue weighted by Crippen LogP contribution is 2.25. The molecule has 21 heavy (non-hydrogen) atoms. The van der Waals surface area contributed by atoms with Gasteiger partial charge in [-0.05, 0) is 6.07 Å². The van der Waals surface area contributed by atoms with Crippen molar-refractivity contribution >= 4 is 0 Å². The Morgan fingerprint density at radius 1 is 1.43 bits per heavy atom. The molecule has 2 aromatic rings. The molecule has 1 N–H and O–H groups in total. The Hall–Kier alpha value is -1.92. The number of rotatable bonds is 4. The van der Waals surface area contributed by atoms with E-state index in [1.54, 1.807) is 13.3 Å². The molecule has 0 radical (unpaired) electrons. The molecule has 0 saturated heterocycles. The summed E-state index contributed by atoms with van der Waals surface area (Å²) < 4.78 is 7.35. The van der Waals surface area contributed by atoms with Crippen molar-refractivity contribution in [2.75, 3.05) is 13.7 Å². The van der Waals surface area contributed by atoms with Crippen molar-refractivity contribution in [2.24, 2.45) is 7.05 Å². The normalized spacial score (nSPS) is 18.5. The second-order valence-electron chi connectivity index (χ2n) is 5.37. The summed E-state index contributed by atoms with van der Waals surface area (Å²) in [6, 6.07) is 4.01. The highest BCUT2D eigenvalue weighted by molar-refractivity contribution is 5.26. The smallest absolute Gasteiger partial charge is 0.217 e. The summed E-state index contributed by atoms with van der Waals surface area (Å²) >= 11 is 0. The van der Waals surface area contributed by atoms with Crippen LogP contribution in [-0.2, 0) is 26.6 Å². The highest BCUT2D eigenvalue weighted by atomic mass is 16.5. The summed E-state index contributed by atoms with van der Waals surface area (Å²) in [5.74, 6) is 0.640. The first kappa shape index (κ1) is 14.0. The topological polar surface area (TPSA) is 63.4 Å². The van der Waals surface area contributed by atoms with Gasteiger partial charge in [0.25, 0.3) is 0 Å². The van der Waals surface area contributed by atoms with E-state index in [1.165, 1.54) is 5.69 Å². The van der Waals surface area contributed by atoms with Crippen LogP contribution in [0.1, 0.15) is 17.0 Å². The van der Waals surface area contributed by atoms with Crippen LogP contribution in [0.15, 0.2) is 24.7 Å². The molecule has 0 aliphatic carbocycles. The third kappa shape index (κ3) is 2.64. The summed E-state index contributed by atoms with van der Waals surface area (Å²) in [7, 11) is 3.63. The third-order valence-electron chi connectivity index (χ3n) is 4.07. The van der Waals surface area contributed by atoms with Gasteiger partial charge in [0.1, 0.15) is 0 Å². The minimum absolute atomic E-state index is 0.0952. The average Bonchev–Trinajstić information content (AvgIpc) is 2.87. The van der Waals surface area contributed by atoms with Crippen LogP contribution in [0.5, 0.6) is 5.88 Å². The van der Waals surface area contributed by atoms with Gasteiger partial charge in [0.15, 0.2) is 0 Å². The molecule has 0 unspecified atom stereocenters. The van der Waals surface area contributed by atoms with Gasteiger partial charge < -0.3 is 14.4 Å². The molecule has 6 nitrogen and oxygen atoms in total. The quantitative estimate of drug-likeness (QED) is 0.899. The van der Waals surface area contributed by atoms with Gasteiger partial charge >= 0.3 is 0 Å². The summed E-state index contributed by atoms with van der Waals surface area (Å²) in [4.78, 5) is 10.9. The predicted molar refractivity (Wildman–Crippen MR) is 77.8 cm³/mol. The monoisotopic (exact) mass is 288 g/mol. The lowest BCUT2D eigenvalue weighted by molar-refractivity contribution is 0.0957. The number of nitrogens with zero attached hydrogens (tertiary/aromatic N) is 4. The summed E-state index contributed by atoms with van der Waals surface area (Å²) in [6.45, 7) is 1.56. The van der Waals surface area contributed by atoms with Crippen molar-refractivity contribution in [1.29, 1.82) is 0 Å². The molecule has 0 spiro atoms. The number of aromatic nitrogens is 3. The van der Waals surface area contributed by atoms with Gasteiger partial charge in [0.2, 0.25) is 5.88 Å². The van der Waals surface area contributed by atoms with Crippen LogP contribution in [0.4, 0.5) is 0 Å². The zero-order valence-electron chi connectivity index (χ0n) is 12.4. The standard InChI is InChI=1S/C15H20N4O2/c1-18-10-17-13-8-19(12(9-20)6-14(13)18)7-11-4-3-5-16-15(11)21-2/h3-5,10,12,20H,6-9H2,1-2H3/t12-/m1/s1. The van der Waals surface area contributed by atoms with Crippen LogP contribution in [0.25, 0.3) is 0 Å². The zero-order chi connectivity index (χ0) is 14.8. The Kier molecular flexibility index (Phi) is 3.90. The zero-order valence-corrected chi connectivity index (χ0v) is 12.4. The molecule has 1 aliphatic rings. The van der Waals surface area contributed by atoms with Crippen LogP contribution < -0.4 is 4.74 Å². The summed E-state index contributed by atoms with van der Waals surface area (Å²) in [6.07, 6.45) is 4.37. The van der Waals surface area contributed by atoms with Gasteiger partial charge in [0, 0.05) is 50.1 Å². The summed E-state index contributed by atoms with van der Waals surface area (Å²) in [5.41, 5.74) is 3.33. The van der Waals surface area contributed by atoms with Crippen LogP contribution in [0.3, 0.4) is 0 Å². The number of hydrogen-bond donors (Lipinski definition) is 1. The van der Waals surface area contributed by atoms with Gasteiger partial charge in [0.05, 0.1) is 25.7 Å². The van der Waals surface area contributed by atoms with Crippen molar-refractivity contribution in [3.63, 3.8) is 0 Å². The Bertz CT molecular complexity index is 626. The van der Waals surface area contributed by atoms with Crippen molar-refractivity contribution in [2.45, 2.75) is 25.6 Å². The maximum atomic E-state index is 9.70. The lowest BCUT2D eigenvalue weighted by Crippen LogP contribution is -2.42. The van der Waals surface area contributed by atoms with Gasteiger partial charge in [-0.15, -0.1) is 0 Å². The van der Waals surface area contributed by atoms with Gasteiger partial charge in [-0.1, -0.05) is 6.07 Å². The lowest BCUT2D eigenvalue weighted by atomic mass is 10.0. The largest absolute Gasteiger partial charge is 0.481 e. The van der Waals surface area contributed by atoms with Crippen LogP contribution in [-0.4, -0.2) is 44.3 Å². The van der Waals surface area contributed by atoms with E-state index < -0.39 is 0 Å². The molecular weight excluding hydrogens is 268 g/mol. The van der Waals surface area contributed by atoms with E-state index in [2.05, 4.69) is 14.9 Å². The molecule has 6 heteroatoms. The lowest BCUT2D eigenvalue weighted by Gasteiger charge is -2.34. The average molecular weight is 288 g/mol. The fourth-order valence-electron chi connectivity index (χ4n) is 2.88. The van der Waals surface area contributed by atoms with Crippen LogP contribution in [0.2, 0.25) is 0 Å². The molecule has 0 amide bonds. The molecule has 0 saturated carbocycles. The molecule has 0 bridgehead atoms. The SMILES string of the molecule is COc1ncccc1CN1Cc2ncn(C)c2C[C@@H]1CO. The molecule has 2 aromatic heterocycles. The third-order valence-corrected chi connectivity index (χ3v) is 4.07. The fraction of sp³-hybridized carbons (Fsp3) is 0.467. The van der Waals surface area contributed by atoms with E-state index in [0.717, 1.165) is 24.2 Å². The molecule has 0 fully saturated rings. The number of aliphatic hydroxyl groups excluding tert-OH is 1. The number of methoxy groups -OCH3 is 1. The minimum Gasteiger partial charge on any atom is -0.481 e. The maximum absolute atomic E-state index is 9.70. The Labute approximate surface area is 124 Å². The number of aliphatic hydroxyl groups is 1. The van der Waals surface area contributed by atoms with E-state index in [9.17, 15) is 5.11 Å². The molecule has 3 rings (SSSR count). The van der Waals surface area contributed by atoms with E-state index in [0.29, 0.717) is 12.4 Å². The number of hydrogen-bond acceptors (Lipinski definition) is 5. The van der Waals surface area contributed by atoms with E-state index in [1.807, 2.05) is 30.1 Å². The number of imidazole rings is 1. The Balaban J connectivity index is 1.84. The first-order valence-electron chi connectivity index (χ1n) is 7.04. The number of pyridine rings is 1. The molecule has 112 valence electrons. The molecule has 1 aliphatic heterocycles. The predicted octanol–water partition coefficient (Wildman–Crippen LogP) is 0.743. The van der Waals surface area contributed by atoms with E-state index in [4.69, 9.17) is 4.74 Å². The molecule has 3 heterocycles. The maximum Gasteiger partial charge on any atom is 0.217 e. The van der Waals surface area contributed by atoms with Crippen LogP contribution in [0, 0.1) is 0 Å². The number of ether oxygens (including phenoxy) is 1. The number of fused-ring (bicyclic) bond motifs is 1. The number of aryl methyl sites for hydroxylation is 1. The molecule has 1 atom stereocenters. The highest BCUT2D eigenvalue weighted by Gasteiger charge is 2.29. The minimum atomic E-state index is 0.0952. The summed E-state index contributed by atoms with van der Waals surface area (Å²) in [5, 5.41) is 9.70. The Morgan fingerprint density at radius 3 is 3.05 bits per heavy atom. The Morgan fingerprint density at radius 2 is 2.29 bits per heavy atom. The second kappa shape index (κ2) is 5.83. The van der Waals surface area contributed by atoms with Gasteiger partial charge in [-0.25, -0.2) is 9.97 Å². The van der Waals surface area contributed by atoms with Crippen molar-refractivity contribution in [3.05, 3.63) is 41.6 Å². The van der Waals surface area contributed by atoms with E-state index >= 15 is 0 Å². The van der Waals surface area contributed by atoms with E-state index in [-0.39, 0.29) is 12.6 Å². The molecular formula is C15H20N4O2. The first-order valence-corrected chi connectivity index (χ1v) is 7.04. The van der Waals surface area contributed by atoms with Crippen molar-refractivity contribution < 1.29 is 9.84 Å². The van der Waals surface area contributed by atoms with Crippen molar-refractivity contribution in [1.82, 2.24) is 19.4 Å². The van der Waals surface area contributed by atoms with Gasteiger partial charge in [-0.3, -0.25) is 4.90 Å². The van der Waals surface area contributed by atoms with Crippen molar-refractivity contribution in [3.8, 4) is 5.88 Å². The van der Waals surface area contributed by atoms with Gasteiger partial charge in [-0.2, -0.15) is 0 Å². The first-order chi connectivity index (χ1) is 10.2. The van der Waals surface area contributed by atoms with Crippen LogP contribution >= 0.6 is 0 Å². The second-order valence-corrected chi connectivity index (χ2v) is 5.37.